The van der Waals surface area contributed by atoms with Crippen molar-refractivity contribution in [1.29, 1.82) is 0 Å². The molecule has 132 valence electrons. The molecule has 6 nitrogen and oxygen atoms in total. The Morgan fingerprint density at radius 2 is 1.96 bits per heavy atom. The summed E-state index contributed by atoms with van der Waals surface area (Å²) < 4.78 is 5.17. The van der Waals surface area contributed by atoms with Crippen LogP contribution in [-0.4, -0.2) is 22.4 Å². The minimum absolute atomic E-state index is 0.0458. The maximum absolute atomic E-state index is 12.9. The summed E-state index contributed by atoms with van der Waals surface area (Å²) in [6.07, 6.45) is 3.40. The molecule has 0 aliphatic rings. The van der Waals surface area contributed by atoms with Crippen LogP contribution >= 0.6 is 0 Å². The molecule has 0 saturated heterocycles. The number of H-pyrrole nitrogens is 2. The summed E-state index contributed by atoms with van der Waals surface area (Å²) in [5.41, 5.74) is 1.19. The molecule has 0 fully saturated rings. The monoisotopic (exact) mass is 342 g/mol. The van der Waals surface area contributed by atoms with Gasteiger partial charge in [-0.25, -0.2) is 4.79 Å². The van der Waals surface area contributed by atoms with Gasteiger partial charge in [-0.3, -0.25) is 14.6 Å². The molecule has 0 aliphatic carbocycles. The van der Waals surface area contributed by atoms with E-state index in [1.807, 2.05) is 19.9 Å². The van der Waals surface area contributed by atoms with Gasteiger partial charge in [0.05, 0.1) is 18.6 Å². The number of ketones is 1. The zero-order valence-corrected chi connectivity index (χ0v) is 14.8. The molecule has 1 aromatic heterocycles. The molecule has 0 spiro atoms. The fourth-order valence-corrected chi connectivity index (χ4v) is 2.63. The number of aryl methyl sites for hydroxylation is 1. The lowest BCUT2D eigenvalue weighted by molar-refractivity contribution is 0.103. The first-order chi connectivity index (χ1) is 11.8. The van der Waals surface area contributed by atoms with Crippen LogP contribution in [0.3, 0.4) is 0 Å². The molecule has 1 aromatic carbocycles. The lowest BCUT2D eigenvalue weighted by atomic mass is 9.94. The van der Waals surface area contributed by atoms with Crippen LogP contribution in [0.4, 0.5) is 0 Å². The summed E-state index contributed by atoms with van der Waals surface area (Å²) in [5.74, 6) is -0.571. The normalized spacial score (nSPS) is 11.2. The number of carbonyl (C=O) groups excluding carboxylic acids is 1. The topological polar surface area (TPSA) is 92.0 Å². The van der Waals surface area contributed by atoms with E-state index in [1.54, 1.807) is 38.3 Å². The van der Waals surface area contributed by atoms with Gasteiger partial charge in [-0.15, -0.1) is 0 Å². The Morgan fingerprint density at radius 1 is 1.24 bits per heavy atom. The van der Waals surface area contributed by atoms with Gasteiger partial charge in [-0.1, -0.05) is 32.0 Å². The second-order valence-electron chi connectivity index (χ2n) is 6.01. The predicted molar refractivity (Wildman–Crippen MR) is 97.0 cm³/mol. The molecule has 0 unspecified atom stereocenters. The van der Waals surface area contributed by atoms with E-state index in [-0.39, 0.29) is 23.0 Å². The van der Waals surface area contributed by atoms with Gasteiger partial charge >= 0.3 is 5.69 Å². The quantitative estimate of drug-likeness (QED) is 0.624. The van der Waals surface area contributed by atoms with E-state index in [4.69, 9.17) is 4.74 Å². The van der Waals surface area contributed by atoms with Crippen molar-refractivity contribution in [3.8, 4) is 0 Å². The molecule has 2 N–H and O–H groups in total. The van der Waals surface area contributed by atoms with Gasteiger partial charge < -0.3 is 9.72 Å². The number of benzene rings is 1. The maximum Gasteiger partial charge on any atom is 0.326 e. The first-order valence-corrected chi connectivity index (χ1v) is 8.15. The maximum atomic E-state index is 12.9. The molecule has 0 radical (unpaired) electrons. The second-order valence-corrected chi connectivity index (χ2v) is 6.01. The molecule has 6 heteroatoms. The Kier molecular flexibility index (Phi) is 5.75. The first kappa shape index (κ1) is 18.4. The number of hydrogen-bond donors (Lipinski definition) is 2. The van der Waals surface area contributed by atoms with Crippen molar-refractivity contribution < 1.29 is 9.53 Å². The van der Waals surface area contributed by atoms with Gasteiger partial charge in [-0.2, -0.15) is 0 Å². The van der Waals surface area contributed by atoms with Crippen LogP contribution in [0.1, 0.15) is 59.4 Å². The number of aromatic amines is 2. The average Bonchev–Trinajstić information content (AvgIpc) is 2.53. The minimum atomic E-state index is -0.688. The van der Waals surface area contributed by atoms with Gasteiger partial charge in [0.2, 0.25) is 5.78 Å². The lowest BCUT2D eigenvalue weighted by Gasteiger charge is -2.12. The molecule has 0 bridgehead atoms. The number of ether oxygens (including phenoxy) is 1. The van der Waals surface area contributed by atoms with E-state index >= 15 is 0 Å². The van der Waals surface area contributed by atoms with Crippen molar-refractivity contribution in [3.63, 3.8) is 0 Å². The summed E-state index contributed by atoms with van der Waals surface area (Å²) in [6, 6.07) is 5.33. The predicted octanol–water partition coefficient (Wildman–Crippen LogP) is 2.73. The van der Waals surface area contributed by atoms with E-state index < -0.39 is 11.2 Å². The highest BCUT2D eigenvalue weighted by Gasteiger charge is 2.21. The van der Waals surface area contributed by atoms with Gasteiger partial charge in [0.15, 0.2) is 0 Å². The van der Waals surface area contributed by atoms with Gasteiger partial charge in [0.25, 0.3) is 5.56 Å². The van der Waals surface area contributed by atoms with Crippen LogP contribution < -0.4 is 11.2 Å². The number of hydrogen-bond acceptors (Lipinski definition) is 4. The Bertz CT molecular complexity index is 920. The van der Waals surface area contributed by atoms with Gasteiger partial charge in [-0.05, 0) is 37.0 Å². The van der Waals surface area contributed by atoms with Crippen molar-refractivity contribution in [2.45, 2.75) is 33.6 Å². The highest BCUT2D eigenvalue weighted by Crippen LogP contribution is 2.19. The van der Waals surface area contributed by atoms with Crippen molar-refractivity contribution in [2.75, 3.05) is 6.61 Å². The van der Waals surface area contributed by atoms with Gasteiger partial charge in [0, 0.05) is 11.1 Å². The standard InChI is InChI=1S/C19H22N2O4/c1-5-25-9-8-13-6-7-14(12(4)10-13)17(22)16-15(11(2)3)18(23)21-19(24)20-16/h6-11H,5H2,1-4H3,(H2,20,21,23,24)/b9-8+. The number of nitrogens with one attached hydrogen (secondary N) is 2. The fourth-order valence-electron chi connectivity index (χ4n) is 2.63. The lowest BCUT2D eigenvalue weighted by Crippen LogP contribution is -2.31. The third-order valence-electron chi connectivity index (χ3n) is 3.80. The van der Waals surface area contributed by atoms with Gasteiger partial charge in [0.1, 0.15) is 0 Å². The van der Waals surface area contributed by atoms with Crippen LogP contribution in [0.25, 0.3) is 6.08 Å². The van der Waals surface area contributed by atoms with E-state index in [1.165, 1.54) is 0 Å². The second kappa shape index (κ2) is 7.79. The van der Waals surface area contributed by atoms with E-state index in [2.05, 4.69) is 9.97 Å². The SMILES string of the molecule is CCO/C=C/c1ccc(C(=O)c2[nH]c(=O)[nH]c(=O)c2C(C)C)c(C)c1. The van der Waals surface area contributed by atoms with Crippen LogP contribution in [0.5, 0.6) is 0 Å². The molecule has 0 saturated carbocycles. The summed E-state index contributed by atoms with van der Waals surface area (Å²) in [4.78, 5) is 41.3. The van der Waals surface area contributed by atoms with E-state index in [9.17, 15) is 14.4 Å². The number of carbonyl (C=O) groups is 1. The molecule has 0 aliphatic heterocycles. The third-order valence-corrected chi connectivity index (χ3v) is 3.80. The summed E-state index contributed by atoms with van der Waals surface area (Å²) in [7, 11) is 0. The van der Waals surface area contributed by atoms with Crippen LogP contribution in [0, 0.1) is 6.92 Å². The summed E-state index contributed by atoms with van der Waals surface area (Å²) >= 11 is 0. The number of aromatic nitrogens is 2. The zero-order chi connectivity index (χ0) is 18.6. The smallest absolute Gasteiger partial charge is 0.326 e. The Morgan fingerprint density at radius 3 is 2.56 bits per heavy atom. The van der Waals surface area contributed by atoms with Crippen LogP contribution in [0.2, 0.25) is 0 Å². The van der Waals surface area contributed by atoms with E-state index in [0.29, 0.717) is 12.2 Å². The molecule has 1 heterocycles. The van der Waals surface area contributed by atoms with Crippen molar-refractivity contribution in [2.24, 2.45) is 0 Å². The third kappa shape index (κ3) is 4.15. The first-order valence-electron chi connectivity index (χ1n) is 8.15. The molecule has 25 heavy (non-hydrogen) atoms. The number of rotatable bonds is 6. The summed E-state index contributed by atoms with van der Waals surface area (Å²) in [6.45, 7) is 7.89. The molecule has 2 aromatic rings. The molecule has 0 amide bonds. The Hall–Kier alpha value is -2.89. The fraction of sp³-hybridized carbons (Fsp3) is 0.316. The zero-order valence-electron chi connectivity index (χ0n) is 14.8. The van der Waals surface area contributed by atoms with Crippen molar-refractivity contribution >= 4 is 11.9 Å². The molecule has 0 atom stereocenters. The van der Waals surface area contributed by atoms with Crippen molar-refractivity contribution in [3.05, 3.63) is 73.2 Å². The summed E-state index contributed by atoms with van der Waals surface area (Å²) in [5, 5.41) is 0. The largest absolute Gasteiger partial charge is 0.501 e. The van der Waals surface area contributed by atoms with Crippen LogP contribution in [0.15, 0.2) is 34.1 Å². The van der Waals surface area contributed by atoms with E-state index in [0.717, 1.165) is 11.1 Å². The molecular weight excluding hydrogens is 320 g/mol. The van der Waals surface area contributed by atoms with Crippen LogP contribution in [-0.2, 0) is 4.74 Å². The highest BCUT2D eigenvalue weighted by molar-refractivity contribution is 6.09. The van der Waals surface area contributed by atoms with Crippen molar-refractivity contribution in [1.82, 2.24) is 9.97 Å². The Balaban J connectivity index is 2.49. The molecular formula is C19H22N2O4. The minimum Gasteiger partial charge on any atom is -0.501 e. The average molecular weight is 342 g/mol. The highest BCUT2D eigenvalue weighted by atomic mass is 16.5. The molecule has 2 rings (SSSR count). The Labute approximate surface area is 145 Å².